The molecule has 0 bridgehead atoms. The summed E-state index contributed by atoms with van der Waals surface area (Å²) in [5.41, 5.74) is 7.61. The van der Waals surface area contributed by atoms with Crippen molar-refractivity contribution >= 4 is 33.8 Å². The Labute approximate surface area is 199 Å². The van der Waals surface area contributed by atoms with Crippen LogP contribution in [0.15, 0.2) is 43.0 Å². The highest BCUT2D eigenvalue weighted by Gasteiger charge is 2.46. The molecule has 4 rings (SSSR count). The van der Waals surface area contributed by atoms with Gasteiger partial charge in [-0.1, -0.05) is 30.3 Å². The molecule has 3 heterocycles. The van der Waals surface area contributed by atoms with Crippen LogP contribution in [0, 0.1) is 0 Å². The molecule has 11 nitrogen and oxygen atoms in total. The highest BCUT2D eigenvalue weighted by atomic mass is 32.2. The van der Waals surface area contributed by atoms with Gasteiger partial charge in [-0.2, -0.15) is 0 Å². The molecule has 12 heteroatoms. The second kappa shape index (κ2) is 10.7. The maximum atomic E-state index is 10.8. The molecule has 1 aromatic carbocycles. The lowest BCUT2D eigenvalue weighted by atomic mass is 10.1. The Bertz CT molecular complexity index is 1120. The first-order chi connectivity index (χ1) is 16.3. The molecule has 0 aliphatic carbocycles. The van der Waals surface area contributed by atoms with Gasteiger partial charge in [-0.25, -0.2) is 15.0 Å². The number of imidazole rings is 1. The zero-order valence-corrected chi connectivity index (χ0v) is 19.5. The number of aliphatic carboxylic acids is 1. The van der Waals surface area contributed by atoms with E-state index in [0.29, 0.717) is 35.0 Å². The molecule has 0 amide bonds. The fraction of sp³-hybridized carbons (Fsp3) is 0.455. The number of nitrogens with zero attached hydrogens (tertiary/aromatic N) is 4. The fourth-order valence-electron chi connectivity index (χ4n) is 3.86. The minimum atomic E-state index is -1.28. The van der Waals surface area contributed by atoms with Gasteiger partial charge in [-0.3, -0.25) is 4.57 Å². The Hall–Kier alpha value is -2.77. The van der Waals surface area contributed by atoms with E-state index in [0.717, 1.165) is 5.56 Å². The van der Waals surface area contributed by atoms with E-state index in [4.69, 9.17) is 10.5 Å². The molecule has 2 aromatic heterocycles. The second-order valence-electron chi connectivity index (χ2n) is 8.30. The number of aliphatic hydroxyl groups excluding tert-OH is 2. The van der Waals surface area contributed by atoms with E-state index in [2.05, 4.69) is 20.3 Å². The number of aromatic nitrogens is 4. The third-order valence-electron chi connectivity index (χ3n) is 5.80. The van der Waals surface area contributed by atoms with E-state index >= 15 is 0 Å². The van der Waals surface area contributed by atoms with Crippen LogP contribution in [0.25, 0.3) is 11.2 Å². The summed E-state index contributed by atoms with van der Waals surface area (Å²) < 4.78 is 7.62. The zero-order valence-electron chi connectivity index (χ0n) is 18.7. The van der Waals surface area contributed by atoms with Crippen molar-refractivity contribution in [3.05, 3.63) is 48.5 Å². The molecule has 3 aromatic rings. The molecule has 6 atom stereocenters. The molecular weight excluding hydrogens is 460 g/mol. The fourth-order valence-corrected chi connectivity index (χ4v) is 5.52. The highest BCUT2D eigenvalue weighted by molar-refractivity contribution is 7.96. The number of hydrogen-bond donors (Lipinski definition) is 4. The summed E-state index contributed by atoms with van der Waals surface area (Å²) in [7, 11) is -0.274. The van der Waals surface area contributed by atoms with Crippen LogP contribution in [0.2, 0.25) is 0 Å². The quantitative estimate of drug-likeness (QED) is 0.253. The normalized spacial score (nSPS) is 24.2. The number of aliphatic hydroxyl groups is 2. The third-order valence-corrected chi connectivity index (χ3v) is 7.63. The molecule has 5 N–H and O–H groups in total. The molecule has 1 aliphatic rings. The van der Waals surface area contributed by atoms with Crippen LogP contribution in [-0.2, 0) is 27.0 Å². The van der Waals surface area contributed by atoms with Gasteiger partial charge in [0, 0.05) is 19.0 Å². The number of nitrogens with one attached hydrogen (secondary N) is 1. The number of carbonyl (C=O) groups excluding carboxylic acids is 1. The van der Waals surface area contributed by atoms with Crippen molar-refractivity contribution in [1.82, 2.24) is 19.5 Å². The monoisotopic (exact) mass is 488 g/mol. The van der Waals surface area contributed by atoms with Crippen LogP contribution in [0.1, 0.15) is 18.2 Å². The van der Waals surface area contributed by atoms with Crippen LogP contribution in [0.5, 0.6) is 0 Å². The molecule has 0 spiro atoms. The standard InChI is InChI=1S/C22H28N6O5S/c1-34(8-7-14(23)22(31)32)10-15-17(29)18(30)21(33-15)28-12-27-16-19(25-11-26-20(16)28)24-9-13-5-3-2-4-6-13/h2-6,11-12,14-15,17-18,21,29-30H,7-10,23H2,1H3,(H-,24,25,26,31,32)/t14-,15+,17+,18+,21+,34?/m0/s1. The smallest absolute Gasteiger partial charge is 0.167 e. The Balaban J connectivity index is 1.44. The molecule has 0 radical (unpaired) electrons. The van der Waals surface area contributed by atoms with Crippen molar-refractivity contribution < 1.29 is 24.9 Å². The Morgan fingerprint density at radius 1 is 1.26 bits per heavy atom. The SMILES string of the molecule is C[S+](CC[C@H](N)C(=O)[O-])C[C@H]1O[C@@H](n2cnc3c(NCc4ccccc4)ncnc32)[C@H](O)[C@@H]1O. The third kappa shape index (κ3) is 5.31. The van der Waals surface area contributed by atoms with Gasteiger partial charge in [0.2, 0.25) is 0 Å². The first-order valence-corrected chi connectivity index (χ1v) is 12.8. The summed E-state index contributed by atoms with van der Waals surface area (Å²) in [6.45, 7) is 0.559. The molecule has 1 aliphatic heterocycles. The van der Waals surface area contributed by atoms with Gasteiger partial charge >= 0.3 is 0 Å². The Morgan fingerprint density at radius 3 is 2.76 bits per heavy atom. The second-order valence-corrected chi connectivity index (χ2v) is 10.6. The number of carboxylic acid groups (broad SMARTS) is 1. The van der Waals surface area contributed by atoms with Gasteiger partial charge in [0.25, 0.3) is 0 Å². The summed E-state index contributed by atoms with van der Waals surface area (Å²) in [6, 6.07) is 8.85. The van der Waals surface area contributed by atoms with Crippen molar-refractivity contribution in [2.24, 2.45) is 5.73 Å². The first-order valence-electron chi connectivity index (χ1n) is 10.9. The lowest BCUT2D eigenvalue weighted by Gasteiger charge is -2.16. The zero-order chi connectivity index (χ0) is 24.2. The van der Waals surface area contributed by atoms with E-state index in [1.165, 1.54) is 12.7 Å². The minimum Gasteiger partial charge on any atom is -0.548 e. The molecular formula is C22H28N6O5S. The summed E-state index contributed by atoms with van der Waals surface area (Å²) in [5.74, 6) is 0.285. The van der Waals surface area contributed by atoms with Crippen molar-refractivity contribution in [2.45, 2.75) is 43.5 Å². The van der Waals surface area contributed by atoms with Crippen LogP contribution in [-0.4, -0.2) is 77.8 Å². The minimum absolute atomic E-state index is 0.274. The van der Waals surface area contributed by atoms with Gasteiger partial charge in [0.15, 0.2) is 23.2 Å². The number of nitrogens with two attached hydrogens (primary N) is 1. The van der Waals surface area contributed by atoms with Gasteiger partial charge in [0.1, 0.15) is 36.1 Å². The summed E-state index contributed by atoms with van der Waals surface area (Å²) >= 11 is 0. The summed E-state index contributed by atoms with van der Waals surface area (Å²) in [4.78, 5) is 23.8. The van der Waals surface area contributed by atoms with Crippen LogP contribution < -0.4 is 16.2 Å². The number of rotatable bonds is 10. The van der Waals surface area contributed by atoms with Crippen molar-refractivity contribution in [2.75, 3.05) is 23.1 Å². The molecule has 1 unspecified atom stereocenters. The van der Waals surface area contributed by atoms with E-state index in [9.17, 15) is 20.1 Å². The summed E-state index contributed by atoms with van der Waals surface area (Å²) in [5, 5.41) is 35.4. The van der Waals surface area contributed by atoms with Crippen molar-refractivity contribution in [1.29, 1.82) is 0 Å². The summed E-state index contributed by atoms with van der Waals surface area (Å²) in [6.07, 6.45) is 1.37. The highest BCUT2D eigenvalue weighted by Crippen LogP contribution is 2.33. The number of carboxylic acids is 1. The van der Waals surface area contributed by atoms with E-state index < -0.39 is 36.6 Å². The molecule has 1 fully saturated rings. The van der Waals surface area contributed by atoms with E-state index in [1.807, 2.05) is 36.6 Å². The Kier molecular flexibility index (Phi) is 7.63. The topological polar surface area (TPSA) is 171 Å². The first kappa shape index (κ1) is 24.4. The van der Waals surface area contributed by atoms with Gasteiger partial charge in [0.05, 0.1) is 18.6 Å². The van der Waals surface area contributed by atoms with Crippen molar-refractivity contribution in [3.63, 3.8) is 0 Å². The number of fused-ring (bicyclic) bond motifs is 1. The van der Waals surface area contributed by atoms with Gasteiger partial charge in [-0.05, 0) is 16.5 Å². The lowest BCUT2D eigenvalue weighted by Crippen LogP contribution is -2.43. The number of benzene rings is 1. The molecule has 182 valence electrons. The largest absolute Gasteiger partial charge is 0.548 e. The maximum Gasteiger partial charge on any atom is 0.167 e. The van der Waals surface area contributed by atoms with Crippen LogP contribution in [0.4, 0.5) is 5.82 Å². The van der Waals surface area contributed by atoms with E-state index in [-0.39, 0.29) is 17.3 Å². The van der Waals surface area contributed by atoms with Gasteiger partial charge in [-0.15, -0.1) is 0 Å². The Morgan fingerprint density at radius 2 is 2.03 bits per heavy atom. The molecule has 34 heavy (non-hydrogen) atoms. The number of carbonyl (C=O) groups is 1. The lowest BCUT2D eigenvalue weighted by molar-refractivity contribution is -0.307. The van der Waals surface area contributed by atoms with E-state index in [1.54, 1.807) is 4.57 Å². The molecule has 1 saturated heterocycles. The van der Waals surface area contributed by atoms with Crippen LogP contribution >= 0.6 is 0 Å². The molecule has 0 saturated carbocycles. The maximum absolute atomic E-state index is 10.8. The average molecular weight is 489 g/mol. The predicted octanol–water partition coefficient (Wildman–Crippen LogP) is -1.23. The average Bonchev–Trinajstić information content (AvgIpc) is 3.38. The number of anilines is 1. The van der Waals surface area contributed by atoms with Gasteiger partial charge < -0.3 is 35.9 Å². The number of ether oxygens (including phenoxy) is 1. The number of hydrogen-bond acceptors (Lipinski definition) is 10. The van der Waals surface area contributed by atoms with Crippen LogP contribution in [0.3, 0.4) is 0 Å². The predicted molar refractivity (Wildman–Crippen MR) is 126 cm³/mol. The van der Waals surface area contributed by atoms with Crippen molar-refractivity contribution in [3.8, 4) is 0 Å².